The van der Waals surface area contributed by atoms with Gasteiger partial charge in [0.05, 0.1) is 0 Å². The van der Waals surface area contributed by atoms with Gasteiger partial charge in [0.15, 0.2) is 6.10 Å². The van der Waals surface area contributed by atoms with Crippen LogP contribution in [0.2, 0.25) is 0 Å². The molecular weight excluding hydrogens is 288 g/mol. The molecule has 3 N–H and O–H groups in total. The van der Waals surface area contributed by atoms with Crippen molar-refractivity contribution in [3.63, 3.8) is 0 Å². The molecule has 0 fully saturated rings. The highest BCUT2D eigenvalue weighted by Crippen LogP contribution is 2.26. The van der Waals surface area contributed by atoms with Crippen molar-refractivity contribution in [1.82, 2.24) is 0 Å². The molecule has 2 unspecified atom stereocenters. The fraction of sp³-hybridized carbons (Fsp3) is 0.125. The van der Waals surface area contributed by atoms with E-state index < -0.39 is 23.8 Å². The maximum atomic E-state index is 11.9. The van der Waals surface area contributed by atoms with Gasteiger partial charge in [0, 0.05) is 5.56 Å². The Bertz CT molecular complexity index is 655. The summed E-state index contributed by atoms with van der Waals surface area (Å²) in [5.41, 5.74) is 0.101. The lowest BCUT2D eigenvalue weighted by Crippen LogP contribution is -2.41. The summed E-state index contributed by atoms with van der Waals surface area (Å²) in [4.78, 5) is 23.2. The van der Waals surface area contributed by atoms with Crippen LogP contribution in [0, 0.1) is 0 Å². The molecule has 2 atom stereocenters. The minimum atomic E-state index is -2.87. The van der Waals surface area contributed by atoms with Gasteiger partial charge >= 0.3 is 17.7 Å². The van der Waals surface area contributed by atoms with E-state index in [1.165, 1.54) is 36.4 Å². The molecule has 0 saturated carbocycles. The number of carbonyl (C=O) groups excluding carboxylic acids is 1. The van der Waals surface area contributed by atoms with Gasteiger partial charge in [-0.2, -0.15) is 0 Å². The molecule has 0 heterocycles. The first-order valence-corrected chi connectivity index (χ1v) is 6.42. The summed E-state index contributed by atoms with van der Waals surface area (Å²) in [6, 6.07) is 15.1. The molecule has 2 aromatic rings. The maximum absolute atomic E-state index is 11.9. The number of hydrogen-bond acceptors (Lipinski definition) is 5. The normalized spacial score (nSPS) is 14.6. The average molecular weight is 302 g/mol. The summed E-state index contributed by atoms with van der Waals surface area (Å²) in [5, 5.41) is 29.3. The van der Waals surface area contributed by atoms with E-state index in [1.54, 1.807) is 24.3 Å². The van der Waals surface area contributed by atoms with Crippen LogP contribution in [0.1, 0.15) is 17.2 Å². The second kappa shape index (κ2) is 6.38. The average Bonchev–Trinajstić information content (AvgIpc) is 2.55. The van der Waals surface area contributed by atoms with Crippen molar-refractivity contribution in [3.8, 4) is 0 Å². The van der Waals surface area contributed by atoms with Crippen LogP contribution in [0.15, 0.2) is 60.7 Å². The molecule has 6 nitrogen and oxygen atoms in total. The smallest absolute Gasteiger partial charge is 0.382 e. The predicted octanol–water partition coefficient (Wildman–Crippen LogP) is 1.19. The quantitative estimate of drug-likeness (QED) is 0.566. The Kier molecular flexibility index (Phi) is 4.55. The van der Waals surface area contributed by atoms with E-state index in [0.717, 1.165) is 0 Å². The number of carboxylic acid groups (broad SMARTS) is 1. The molecule has 0 aliphatic carbocycles. The van der Waals surface area contributed by atoms with E-state index in [1.807, 2.05) is 0 Å². The standard InChI is InChI=1S/C16H14O6/c17-13(11-7-3-1-4-8-11)14(18)22-16(21,15(19)20)12-9-5-2-6-10-12/h1-10,13,17,21H,(H,19,20). The number of hydrogen-bond donors (Lipinski definition) is 3. The minimum Gasteiger partial charge on any atom is -0.476 e. The number of rotatable bonds is 5. The van der Waals surface area contributed by atoms with E-state index >= 15 is 0 Å². The summed E-state index contributed by atoms with van der Waals surface area (Å²) in [7, 11) is 0. The number of carbonyl (C=O) groups is 2. The van der Waals surface area contributed by atoms with Crippen molar-refractivity contribution >= 4 is 11.9 Å². The highest BCUT2D eigenvalue weighted by molar-refractivity contribution is 5.83. The second-order valence-corrected chi connectivity index (χ2v) is 4.55. The number of carboxylic acids is 1. The van der Waals surface area contributed by atoms with Gasteiger partial charge < -0.3 is 20.1 Å². The van der Waals surface area contributed by atoms with Gasteiger partial charge in [-0.25, -0.2) is 9.59 Å². The lowest BCUT2D eigenvalue weighted by molar-refractivity contribution is -0.233. The van der Waals surface area contributed by atoms with E-state index in [9.17, 15) is 24.9 Å². The van der Waals surface area contributed by atoms with E-state index in [-0.39, 0.29) is 11.1 Å². The Morgan fingerprint density at radius 3 is 1.95 bits per heavy atom. The first-order valence-electron chi connectivity index (χ1n) is 6.42. The molecule has 22 heavy (non-hydrogen) atoms. The van der Waals surface area contributed by atoms with Gasteiger partial charge in [0.25, 0.3) is 0 Å². The van der Waals surface area contributed by atoms with Crippen LogP contribution in [0.25, 0.3) is 0 Å². The molecule has 0 radical (unpaired) electrons. The predicted molar refractivity (Wildman–Crippen MR) is 75.5 cm³/mol. The Labute approximate surface area is 126 Å². The number of benzene rings is 2. The van der Waals surface area contributed by atoms with Gasteiger partial charge in [0.1, 0.15) is 0 Å². The highest BCUT2D eigenvalue weighted by Gasteiger charge is 2.44. The maximum Gasteiger partial charge on any atom is 0.382 e. The van der Waals surface area contributed by atoms with Crippen molar-refractivity contribution in [2.45, 2.75) is 11.9 Å². The first kappa shape index (κ1) is 15.7. The number of aliphatic carboxylic acids is 1. The SMILES string of the molecule is O=C(OC(O)(C(=O)O)c1ccccc1)C(O)c1ccccc1. The van der Waals surface area contributed by atoms with Crippen molar-refractivity contribution in [2.75, 3.05) is 0 Å². The molecule has 0 aliphatic rings. The minimum absolute atomic E-state index is 0.129. The Hall–Kier alpha value is -2.70. The summed E-state index contributed by atoms with van der Waals surface area (Å²) in [5.74, 6) is -5.89. The largest absolute Gasteiger partial charge is 0.476 e. The summed E-state index contributed by atoms with van der Waals surface area (Å²) in [6.45, 7) is 0. The fourth-order valence-corrected chi connectivity index (χ4v) is 1.86. The van der Waals surface area contributed by atoms with Crippen LogP contribution >= 0.6 is 0 Å². The zero-order valence-electron chi connectivity index (χ0n) is 11.4. The Morgan fingerprint density at radius 2 is 1.45 bits per heavy atom. The van der Waals surface area contributed by atoms with Crippen molar-refractivity contribution in [1.29, 1.82) is 0 Å². The molecule has 0 aromatic heterocycles. The molecule has 2 aromatic carbocycles. The lowest BCUT2D eigenvalue weighted by atomic mass is 10.1. The molecule has 0 amide bonds. The van der Waals surface area contributed by atoms with Gasteiger partial charge in [-0.05, 0) is 5.56 Å². The Morgan fingerprint density at radius 1 is 0.955 bits per heavy atom. The fourth-order valence-electron chi connectivity index (χ4n) is 1.86. The first-order chi connectivity index (χ1) is 10.4. The van der Waals surface area contributed by atoms with Gasteiger partial charge in [0.2, 0.25) is 0 Å². The molecule has 2 rings (SSSR count). The number of ether oxygens (including phenoxy) is 1. The van der Waals surface area contributed by atoms with Gasteiger partial charge in [-0.15, -0.1) is 0 Å². The zero-order chi connectivity index (χ0) is 16.2. The van der Waals surface area contributed by atoms with Crippen LogP contribution in [-0.2, 0) is 20.1 Å². The second-order valence-electron chi connectivity index (χ2n) is 4.55. The zero-order valence-corrected chi connectivity index (χ0v) is 11.4. The monoisotopic (exact) mass is 302 g/mol. The van der Waals surface area contributed by atoms with Crippen LogP contribution < -0.4 is 0 Å². The van der Waals surface area contributed by atoms with Gasteiger partial charge in [-0.3, -0.25) is 0 Å². The molecule has 114 valence electrons. The summed E-state index contributed by atoms with van der Waals surface area (Å²) in [6.07, 6.45) is -1.70. The molecule has 0 bridgehead atoms. The van der Waals surface area contributed by atoms with E-state index in [2.05, 4.69) is 4.74 Å². The third-order valence-electron chi connectivity index (χ3n) is 3.04. The van der Waals surface area contributed by atoms with Crippen LogP contribution in [0.5, 0.6) is 0 Å². The third-order valence-corrected chi connectivity index (χ3v) is 3.04. The summed E-state index contributed by atoms with van der Waals surface area (Å²) >= 11 is 0. The molecule has 0 spiro atoms. The van der Waals surface area contributed by atoms with Crippen molar-refractivity contribution in [2.24, 2.45) is 0 Å². The lowest BCUT2D eigenvalue weighted by Gasteiger charge is -2.25. The van der Waals surface area contributed by atoms with E-state index in [4.69, 9.17) is 0 Å². The van der Waals surface area contributed by atoms with Gasteiger partial charge in [-0.1, -0.05) is 60.7 Å². The van der Waals surface area contributed by atoms with E-state index in [0.29, 0.717) is 0 Å². The van der Waals surface area contributed by atoms with Crippen LogP contribution in [0.3, 0.4) is 0 Å². The number of aliphatic hydroxyl groups is 2. The van der Waals surface area contributed by atoms with Crippen LogP contribution in [0.4, 0.5) is 0 Å². The number of esters is 1. The number of aliphatic hydroxyl groups excluding tert-OH is 1. The summed E-state index contributed by atoms with van der Waals surface area (Å²) < 4.78 is 4.67. The molecule has 0 saturated heterocycles. The third kappa shape index (κ3) is 3.13. The van der Waals surface area contributed by atoms with Crippen LogP contribution in [-0.4, -0.2) is 27.3 Å². The molecule has 6 heteroatoms. The van der Waals surface area contributed by atoms with Crippen molar-refractivity contribution in [3.05, 3.63) is 71.8 Å². The molecule has 0 aliphatic heterocycles. The topological polar surface area (TPSA) is 104 Å². The Balaban J connectivity index is 2.25. The van der Waals surface area contributed by atoms with Crippen molar-refractivity contribution < 1.29 is 29.6 Å². The molecular formula is C16H14O6. The highest BCUT2D eigenvalue weighted by atomic mass is 16.7.